The summed E-state index contributed by atoms with van der Waals surface area (Å²) in [4.78, 5) is 16.0. The minimum Gasteiger partial charge on any atom is -0.299 e. The van der Waals surface area contributed by atoms with Crippen molar-refractivity contribution in [3.63, 3.8) is 0 Å². The fourth-order valence-electron chi connectivity index (χ4n) is 1.63. The number of rotatable bonds is 4. The molecule has 0 bridgehead atoms. The van der Waals surface area contributed by atoms with E-state index in [1.165, 1.54) is 23.5 Å². The van der Waals surface area contributed by atoms with Gasteiger partial charge in [0.05, 0.1) is 15.7 Å². The van der Waals surface area contributed by atoms with Gasteiger partial charge in [-0.3, -0.25) is 4.79 Å². The number of aromatic nitrogens is 1. The van der Waals surface area contributed by atoms with E-state index in [1.807, 2.05) is 12.3 Å². The van der Waals surface area contributed by atoms with Gasteiger partial charge in [0, 0.05) is 18.2 Å². The van der Waals surface area contributed by atoms with Crippen LogP contribution in [0.5, 0.6) is 0 Å². The molecule has 1 aromatic carbocycles. The van der Waals surface area contributed by atoms with Gasteiger partial charge in [-0.2, -0.15) is 0 Å². The molecule has 0 aliphatic heterocycles. The Labute approximate surface area is 113 Å². The summed E-state index contributed by atoms with van der Waals surface area (Å²) in [6.45, 7) is 1.90. The standard InChI is InChI=1S/C13H11ClFNOS/c1-8-16-10(7-18-8)6-11(17)4-9-2-3-12(14)13(15)5-9/h2-3,5,7H,4,6H2,1H3. The minimum absolute atomic E-state index is 0.0158. The molecule has 2 nitrogen and oxygen atoms in total. The summed E-state index contributed by atoms with van der Waals surface area (Å²) in [6.07, 6.45) is 0.485. The molecule has 2 rings (SSSR count). The number of benzene rings is 1. The molecule has 2 aromatic rings. The van der Waals surface area contributed by atoms with E-state index in [9.17, 15) is 9.18 Å². The molecule has 0 atom stereocenters. The van der Waals surface area contributed by atoms with Crippen LogP contribution in [-0.2, 0) is 17.6 Å². The molecule has 0 saturated carbocycles. The van der Waals surface area contributed by atoms with Crippen molar-refractivity contribution in [2.45, 2.75) is 19.8 Å². The lowest BCUT2D eigenvalue weighted by Gasteiger charge is -2.01. The smallest absolute Gasteiger partial charge is 0.143 e. The third-order valence-electron chi connectivity index (χ3n) is 2.43. The summed E-state index contributed by atoms with van der Waals surface area (Å²) < 4.78 is 13.2. The Morgan fingerprint density at radius 1 is 1.44 bits per heavy atom. The van der Waals surface area contributed by atoms with Gasteiger partial charge in [0.1, 0.15) is 11.6 Å². The van der Waals surface area contributed by atoms with Crippen molar-refractivity contribution in [1.29, 1.82) is 0 Å². The van der Waals surface area contributed by atoms with Crippen LogP contribution in [0.25, 0.3) is 0 Å². The molecule has 0 spiro atoms. The maximum Gasteiger partial charge on any atom is 0.143 e. The van der Waals surface area contributed by atoms with E-state index >= 15 is 0 Å². The number of thiazole rings is 1. The van der Waals surface area contributed by atoms with Crippen LogP contribution in [0.15, 0.2) is 23.6 Å². The topological polar surface area (TPSA) is 30.0 Å². The number of hydrogen-bond donors (Lipinski definition) is 0. The first kappa shape index (κ1) is 13.2. The van der Waals surface area contributed by atoms with Gasteiger partial charge in [0.15, 0.2) is 0 Å². The van der Waals surface area contributed by atoms with Gasteiger partial charge < -0.3 is 0 Å². The molecule has 0 radical (unpaired) electrons. The number of halogens is 2. The second kappa shape index (κ2) is 5.59. The zero-order valence-electron chi connectivity index (χ0n) is 9.74. The van der Waals surface area contributed by atoms with E-state index in [1.54, 1.807) is 6.07 Å². The molecule has 5 heteroatoms. The quantitative estimate of drug-likeness (QED) is 0.858. The number of nitrogens with zero attached hydrogens (tertiary/aromatic N) is 1. The van der Waals surface area contributed by atoms with Gasteiger partial charge in [-0.1, -0.05) is 17.7 Å². The number of aryl methyl sites for hydroxylation is 1. The Hall–Kier alpha value is -1.26. The first-order chi connectivity index (χ1) is 8.54. The number of carbonyl (C=O) groups excluding carboxylic acids is 1. The Balaban J connectivity index is 2.00. The summed E-state index contributed by atoms with van der Waals surface area (Å²) in [5.41, 5.74) is 1.41. The monoisotopic (exact) mass is 283 g/mol. The van der Waals surface area contributed by atoms with Crippen molar-refractivity contribution in [3.05, 3.63) is 50.7 Å². The molecule has 0 saturated heterocycles. The van der Waals surface area contributed by atoms with Gasteiger partial charge in [0.25, 0.3) is 0 Å². The van der Waals surface area contributed by atoms with Crippen LogP contribution >= 0.6 is 22.9 Å². The second-order valence-corrected chi connectivity index (χ2v) is 5.47. The van der Waals surface area contributed by atoms with E-state index in [-0.39, 0.29) is 23.6 Å². The lowest BCUT2D eigenvalue weighted by molar-refractivity contribution is -0.117. The summed E-state index contributed by atoms with van der Waals surface area (Å²) in [6, 6.07) is 4.43. The highest BCUT2D eigenvalue weighted by molar-refractivity contribution is 7.09. The SMILES string of the molecule is Cc1nc(CC(=O)Cc2ccc(Cl)c(F)c2)cs1. The first-order valence-corrected chi connectivity index (χ1v) is 6.67. The predicted molar refractivity (Wildman–Crippen MR) is 70.7 cm³/mol. The van der Waals surface area contributed by atoms with Crippen molar-refractivity contribution in [3.8, 4) is 0 Å². The molecule has 18 heavy (non-hydrogen) atoms. The number of carbonyl (C=O) groups is 1. The fourth-order valence-corrected chi connectivity index (χ4v) is 2.36. The van der Waals surface area contributed by atoms with Crippen LogP contribution in [-0.4, -0.2) is 10.8 Å². The highest BCUT2D eigenvalue weighted by Gasteiger charge is 2.09. The van der Waals surface area contributed by atoms with E-state index in [2.05, 4.69) is 4.98 Å². The second-order valence-electron chi connectivity index (χ2n) is 4.00. The summed E-state index contributed by atoms with van der Waals surface area (Å²) in [5, 5.41) is 2.88. The molecule has 0 N–H and O–H groups in total. The van der Waals surface area contributed by atoms with Crippen LogP contribution in [0.1, 0.15) is 16.3 Å². The Kier molecular flexibility index (Phi) is 4.09. The summed E-state index contributed by atoms with van der Waals surface area (Å²) in [5.74, 6) is -0.478. The third-order valence-corrected chi connectivity index (χ3v) is 3.56. The molecule has 0 aliphatic rings. The zero-order valence-corrected chi connectivity index (χ0v) is 11.3. The molecular formula is C13H11ClFNOS. The van der Waals surface area contributed by atoms with Gasteiger partial charge in [0.2, 0.25) is 0 Å². The van der Waals surface area contributed by atoms with Crippen molar-refractivity contribution >= 4 is 28.7 Å². The zero-order chi connectivity index (χ0) is 13.1. The lowest BCUT2D eigenvalue weighted by atomic mass is 10.1. The van der Waals surface area contributed by atoms with Gasteiger partial charge in [-0.25, -0.2) is 9.37 Å². The van der Waals surface area contributed by atoms with Crippen LogP contribution in [0, 0.1) is 12.7 Å². The number of hydrogen-bond acceptors (Lipinski definition) is 3. The summed E-state index contributed by atoms with van der Waals surface area (Å²) in [7, 11) is 0. The Morgan fingerprint density at radius 2 is 2.22 bits per heavy atom. The van der Waals surface area contributed by atoms with E-state index in [4.69, 9.17) is 11.6 Å². The highest BCUT2D eigenvalue weighted by Crippen LogP contribution is 2.16. The molecular weight excluding hydrogens is 273 g/mol. The average Bonchev–Trinajstić information content (AvgIpc) is 2.69. The van der Waals surface area contributed by atoms with Gasteiger partial charge >= 0.3 is 0 Å². The molecule has 0 fully saturated rings. The van der Waals surface area contributed by atoms with E-state index < -0.39 is 5.82 Å². The van der Waals surface area contributed by atoms with Crippen molar-refractivity contribution in [2.75, 3.05) is 0 Å². The van der Waals surface area contributed by atoms with Crippen molar-refractivity contribution in [2.24, 2.45) is 0 Å². The summed E-state index contributed by atoms with van der Waals surface area (Å²) >= 11 is 7.10. The molecule has 1 aromatic heterocycles. The Morgan fingerprint density at radius 3 is 2.83 bits per heavy atom. The van der Waals surface area contributed by atoms with Crippen LogP contribution in [0.2, 0.25) is 5.02 Å². The van der Waals surface area contributed by atoms with Crippen molar-refractivity contribution < 1.29 is 9.18 Å². The number of ketones is 1. The average molecular weight is 284 g/mol. The van der Waals surface area contributed by atoms with E-state index in [0.717, 1.165) is 10.7 Å². The molecule has 94 valence electrons. The normalized spacial score (nSPS) is 10.6. The molecule has 0 unspecified atom stereocenters. The van der Waals surface area contributed by atoms with Gasteiger partial charge in [-0.05, 0) is 24.6 Å². The highest BCUT2D eigenvalue weighted by atomic mass is 35.5. The first-order valence-electron chi connectivity index (χ1n) is 5.41. The van der Waals surface area contributed by atoms with Crippen LogP contribution in [0.3, 0.4) is 0 Å². The molecule has 1 heterocycles. The number of Topliss-reactive ketones (excluding diaryl/α,β-unsaturated/α-hetero) is 1. The van der Waals surface area contributed by atoms with Gasteiger partial charge in [-0.15, -0.1) is 11.3 Å². The predicted octanol–water partition coefficient (Wildman–Crippen LogP) is 3.60. The lowest BCUT2D eigenvalue weighted by Crippen LogP contribution is -2.07. The molecule has 0 aliphatic carbocycles. The maximum atomic E-state index is 13.2. The largest absolute Gasteiger partial charge is 0.299 e. The van der Waals surface area contributed by atoms with E-state index in [0.29, 0.717) is 5.56 Å². The Bertz CT molecular complexity index is 582. The fraction of sp³-hybridized carbons (Fsp3) is 0.231. The van der Waals surface area contributed by atoms with Crippen molar-refractivity contribution in [1.82, 2.24) is 4.98 Å². The minimum atomic E-state index is -0.494. The third kappa shape index (κ3) is 3.37. The van der Waals surface area contributed by atoms with Crippen LogP contribution < -0.4 is 0 Å². The van der Waals surface area contributed by atoms with Crippen LogP contribution in [0.4, 0.5) is 4.39 Å². The maximum absolute atomic E-state index is 13.2. The molecule has 0 amide bonds.